The van der Waals surface area contributed by atoms with Gasteiger partial charge in [-0.05, 0) is 36.2 Å². The number of nitrogens with one attached hydrogen (secondary N) is 1. The van der Waals surface area contributed by atoms with Crippen LogP contribution in [-0.2, 0) is 22.7 Å². The fraction of sp³-hybridized carbons (Fsp3) is 0.120. The van der Waals surface area contributed by atoms with Crippen molar-refractivity contribution in [2.45, 2.75) is 24.9 Å². The smallest absolute Gasteiger partial charge is 0.265 e. The van der Waals surface area contributed by atoms with Gasteiger partial charge >= 0.3 is 0 Å². The molecule has 0 spiro atoms. The van der Waals surface area contributed by atoms with Gasteiger partial charge in [-0.2, -0.15) is 0 Å². The number of nitrogens with zero attached hydrogens (tertiary/aromatic N) is 1. The van der Waals surface area contributed by atoms with E-state index in [9.17, 15) is 9.59 Å². The van der Waals surface area contributed by atoms with Crippen LogP contribution in [0.25, 0.3) is 0 Å². The number of anilines is 1. The number of carbonyl (C=O) groups excluding carboxylic acids is 2. The van der Waals surface area contributed by atoms with Crippen molar-refractivity contribution >= 4 is 40.9 Å². The van der Waals surface area contributed by atoms with Crippen molar-refractivity contribution < 1.29 is 9.59 Å². The molecule has 4 rings (SSSR count). The van der Waals surface area contributed by atoms with Crippen LogP contribution < -0.4 is 10.2 Å². The topological polar surface area (TPSA) is 49.4 Å². The second-order valence-electron chi connectivity index (χ2n) is 7.26. The summed E-state index contributed by atoms with van der Waals surface area (Å²) >= 11 is 7.47. The van der Waals surface area contributed by atoms with Gasteiger partial charge in [0.25, 0.3) is 5.91 Å². The van der Waals surface area contributed by atoms with Crippen LogP contribution in [0, 0.1) is 6.92 Å². The second kappa shape index (κ2) is 9.41. The molecule has 0 unspecified atom stereocenters. The number of carbonyl (C=O) groups is 2. The molecule has 0 saturated carbocycles. The SMILES string of the molecule is Cc1ccc(CN2C(=O)/C(=C/C(=O)NCc3ccccc3Cl)Sc3ccccc32)cc1. The fourth-order valence-corrected chi connectivity index (χ4v) is 4.52. The number of rotatable bonds is 5. The maximum Gasteiger partial charge on any atom is 0.265 e. The molecule has 1 heterocycles. The van der Waals surface area contributed by atoms with Crippen LogP contribution in [0.2, 0.25) is 5.02 Å². The summed E-state index contributed by atoms with van der Waals surface area (Å²) in [5, 5.41) is 3.41. The zero-order chi connectivity index (χ0) is 21.8. The number of hydrogen-bond donors (Lipinski definition) is 1. The number of benzene rings is 3. The normalized spacial score (nSPS) is 14.5. The third-order valence-corrected chi connectivity index (χ3v) is 6.41. The molecular formula is C25H21ClN2O2S. The van der Waals surface area contributed by atoms with Gasteiger partial charge in [-0.15, -0.1) is 0 Å². The van der Waals surface area contributed by atoms with E-state index in [1.54, 1.807) is 11.0 Å². The molecule has 0 fully saturated rings. The first-order valence-electron chi connectivity index (χ1n) is 9.88. The number of para-hydroxylation sites is 1. The van der Waals surface area contributed by atoms with Crippen molar-refractivity contribution in [3.05, 3.63) is 105 Å². The molecular weight excluding hydrogens is 428 g/mol. The first-order valence-corrected chi connectivity index (χ1v) is 11.1. The fourth-order valence-electron chi connectivity index (χ4n) is 3.29. The highest BCUT2D eigenvalue weighted by molar-refractivity contribution is 8.04. The van der Waals surface area contributed by atoms with Crippen LogP contribution in [0.4, 0.5) is 5.69 Å². The van der Waals surface area contributed by atoms with Gasteiger partial charge in [0.2, 0.25) is 5.91 Å². The summed E-state index contributed by atoms with van der Waals surface area (Å²) in [6.07, 6.45) is 1.38. The summed E-state index contributed by atoms with van der Waals surface area (Å²) in [7, 11) is 0. The van der Waals surface area contributed by atoms with Crippen molar-refractivity contribution in [2.24, 2.45) is 0 Å². The van der Waals surface area contributed by atoms with Crippen LogP contribution in [-0.4, -0.2) is 11.8 Å². The third-order valence-electron chi connectivity index (χ3n) is 4.97. The monoisotopic (exact) mass is 448 g/mol. The van der Waals surface area contributed by atoms with Gasteiger partial charge in [0.05, 0.1) is 17.1 Å². The Balaban J connectivity index is 1.55. The van der Waals surface area contributed by atoms with E-state index in [1.165, 1.54) is 23.4 Å². The number of aryl methyl sites for hydroxylation is 1. The molecule has 0 saturated heterocycles. The first kappa shape index (κ1) is 21.2. The quantitative estimate of drug-likeness (QED) is 0.525. The molecule has 1 aliphatic heterocycles. The van der Waals surface area contributed by atoms with Crippen LogP contribution in [0.1, 0.15) is 16.7 Å². The Morgan fingerprint density at radius 2 is 1.74 bits per heavy atom. The van der Waals surface area contributed by atoms with Gasteiger partial charge < -0.3 is 10.2 Å². The van der Waals surface area contributed by atoms with Crippen molar-refractivity contribution in [1.29, 1.82) is 0 Å². The molecule has 6 heteroatoms. The highest BCUT2D eigenvalue weighted by Crippen LogP contribution is 2.41. The van der Waals surface area contributed by atoms with E-state index in [0.717, 1.165) is 21.7 Å². The lowest BCUT2D eigenvalue weighted by Gasteiger charge is -2.30. The second-order valence-corrected chi connectivity index (χ2v) is 8.76. The number of hydrogen-bond acceptors (Lipinski definition) is 3. The Kier molecular flexibility index (Phi) is 6.44. The summed E-state index contributed by atoms with van der Waals surface area (Å²) in [5.74, 6) is -0.511. The Morgan fingerprint density at radius 1 is 1.03 bits per heavy atom. The van der Waals surface area contributed by atoms with E-state index >= 15 is 0 Å². The zero-order valence-electron chi connectivity index (χ0n) is 17.0. The standard InChI is InChI=1S/C25H21ClN2O2S/c1-17-10-12-18(13-11-17)16-28-21-8-4-5-9-22(21)31-23(25(28)30)14-24(29)27-15-19-6-2-3-7-20(19)26/h2-14H,15-16H2,1H3,(H,27,29)/b23-14-. The van der Waals surface area contributed by atoms with E-state index in [4.69, 9.17) is 11.6 Å². The molecule has 3 aromatic carbocycles. The van der Waals surface area contributed by atoms with Crippen LogP contribution in [0.15, 0.2) is 88.7 Å². The minimum atomic E-state index is -0.328. The summed E-state index contributed by atoms with van der Waals surface area (Å²) in [5.41, 5.74) is 3.88. The predicted molar refractivity (Wildman–Crippen MR) is 126 cm³/mol. The molecule has 31 heavy (non-hydrogen) atoms. The van der Waals surface area contributed by atoms with Gasteiger partial charge in [-0.1, -0.05) is 83.5 Å². The highest BCUT2D eigenvalue weighted by atomic mass is 35.5. The Morgan fingerprint density at radius 3 is 2.52 bits per heavy atom. The van der Waals surface area contributed by atoms with E-state index in [2.05, 4.69) is 5.32 Å². The summed E-state index contributed by atoms with van der Waals surface area (Å²) in [4.78, 5) is 28.9. The van der Waals surface area contributed by atoms with Gasteiger partial charge in [0.1, 0.15) is 0 Å². The molecule has 0 atom stereocenters. The molecule has 4 nitrogen and oxygen atoms in total. The minimum absolute atomic E-state index is 0.183. The highest BCUT2D eigenvalue weighted by Gasteiger charge is 2.29. The molecule has 2 amide bonds. The predicted octanol–water partition coefficient (Wildman–Crippen LogP) is 5.49. The van der Waals surface area contributed by atoms with E-state index in [1.807, 2.05) is 73.7 Å². The zero-order valence-corrected chi connectivity index (χ0v) is 18.5. The van der Waals surface area contributed by atoms with Crippen molar-refractivity contribution in [2.75, 3.05) is 4.90 Å². The Bertz CT molecular complexity index is 1160. The van der Waals surface area contributed by atoms with Crippen LogP contribution >= 0.6 is 23.4 Å². The van der Waals surface area contributed by atoms with E-state index < -0.39 is 0 Å². The first-order chi connectivity index (χ1) is 15.0. The molecule has 1 N–H and O–H groups in total. The number of thioether (sulfide) groups is 1. The Hall–Kier alpha value is -3.02. The lowest BCUT2D eigenvalue weighted by Crippen LogP contribution is -2.34. The van der Waals surface area contributed by atoms with E-state index in [0.29, 0.717) is 23.0 Å². The van der Waals surface area contributed by atoms with Gasteiger partial charge in [0, 0.05) is 22.5 Å². The van der Waals surface area contributed by atoms with E-state index in [-0.39, 0.29) is 11.8 Å². The average molecular weight is 449 g/mol. The summed E-state index contributed by atoms with van der Waals surface area (Å²) < 4.78 is 0. The van der Waals surface area contributed by atoms with Crippen molar-refractivity contribution in [1.82, 2.24) is 5.32 Å². The van der Waals surface area contributed by atoms with Crippen molar-refractivity contribution in [3.8, 4) is 0 Å². The van der Waals surface area contributed by atoms with Crippen molar-refractivity contribution in [3.63, 3.8) is 0 Å². The molecule has 1 aliphatic rings. The number of fused-ring (bicyclic) bond motifs is 1. The molecule has 156 valence electrons. The number of amides is 2. The number of halogens is 1. The summed E-state index contributed by atoms with van der Waals surface area (Å²) in [6.45, 7) is 2.77. The molecule has 0 bridgehead atoms. The maximum atomic E-state index is 13.3. The van der Waals surface area contributed by atoms with Crippen LogP contribution in [0.3, 0.4) is 0 Å². The van der Waals surface area contributed by atoms with Crippen LogP contribution in [0.5, 0.6) is 0 Å². The molecule has 0 radical (unpaired) electrons. The largest absolute Gasteiger partial charge is 0.348 e. The average Bonchev–Trinajstić information content (AvgIpc) is 2.77. The molecule has 3 aromatic rings. The minimum Gasteiger partial charge on any atom is -0.348 e. The lowest BCUT2D eigenvalue weighted by atomic mass is 10.1. The molecule has 0 aromatic heterocycles. The van der Waals surface area contributed by atoms with Gasteiger partial charge in [0.15, 0.2) is 0 Å². The van der Waals surface area contributed by atoms with Gasteiger partial charge in [-0.3, -0.25) is 9.59 Å². The van der Waals surface area contributed by atoms with Gasteiger partial charge in [-0.25, -0.2) is 0 Å². The maximum absolute atomic E-state index is 13.3. The summed E-state index contributed by atoms with van der Waals surface area (Å²) in [6, 6.07) is 23.2. The lowest BCUT2D eigenvalue weighted by molar-refractivity contribution is -0.118. The molecule has 0 aliphatic carbocycles. The third kappa shape index (κ3) is 5.01. The Labute approximate surface area is 190 Å².